The van der Waals surface area contributed by atoms with E-state index in [1.165, 1.54) is 17.7 Å². The van der Waals surface area contributed by atoms with Crippen LogP contribution in [0, 0.1) is 11.6 Å². The normalized spacial score (nSPS) is 13.9. The summed E-state index contributed by atoms with van der Waals surface area (Å²) in [6, 6.07) is 6.00. The van der Waals surface area contributed by atoms with E-state index in [4.69, 9.17) is 0 Å². The molecule has 0 unspecified atom stereocenters. The van der Waals surface area contributed by atoms with Crippen molar-refractivity contribution in [3.63, 3.8) is 0 Å². The molecule has 2 aromatic rings. The van der Waals surface area contributed by atoms with Gasteiger partial charge in [-0.1, -0.05) is 31.1 Å². The Morgan fingerprint density at radius 1 is 1.00 bits per heavy atom. The molecule has 0 atom stereocenters. The number of unbranched alkanes of at least 4 members (excludes halogenated alkanes) is 1. The van der Waals surface area contributed by atoms with Crippen molar-refractivity contribution in [2.75, 3.05) is 0 Å². The topological polar surface area (TPSA) is 9.23 Å². The largest absolute Gasteiger partial charge is 0.573 e. The second-order valence-corrected chi connectivity index (χ2v) is 6.63. The molecule has 2 aromatic carbocycles. The summed E-state index contributed by atoms with van der Waals surface area (Å²) < 4.78 is 68.9. The summed E-state index contributed by atoms with van der Waals surface area (Å²) in [6.07, 6.45) is 1.85. The van der Waals surface area contributed by atoms with Crippen LogP contribution < -0.4 is 4.74 Å². The number of ether oxygens (including phenoxy) is 1. The first-order valence-electron chi connectivity index (χ1n) is 8.84. The van der Waals surface area contributed by atoms with E-state index in [-0.39, 0.29) is 11.1 Å². The van der Waals surface area contributed by atoms with E-state index in [0.29, 0.717) is 0 Å². The van der Waals surface area contributed by atoms with Crippen LogP contribution in [0.15, 0.2) is 35.9 Å². The summed E-state index contributed by atoms with van der Waals surface area (Å²) in [7, 11) is 0. The van der Waals surface area contributed by atoms with E-state index in [2.05, 4.69) is 11.7 Å². The Morgan fingerprint density at radius 3 is 2.44 bits per heavy atom. The molecule has 0 fully saturated rings. The third-order valence-corrected chi connectivity index (χ3v) is 4.62. The van der Waals surface area contributed by atoms with Gasteiger partial charge >= 0.3 is 6.36 Å². The van der Waals surface area contributed by atoms with Crippen LogP contribution in [-0.4, -0.2) is 6.36 Å². The van der Waals surface area contributed by atoms with Crippen molar-refractivity contribution < 1.29 is 26.7 Å². The Hall–Kier alpha value is -2.37. The van der Waals surface area contributed by atoms with Gasteiger partial charge in [0.15, 0.2) is 11.6 Å². The van der Waals surface area contributed by atoms with E-state index in [0.717, 1.165) is 55.4 Å². The molecule has 0 heterocycles. The minimum Gasteiger partial charge on any atom is -0.403 e. The lowest BCUT2D eigenvalue weighted by Crippen LogP contribution is -2.17. The van der Waals surface area contributed by atoms with Gasteiger partial charge in [0.1, 0.15) is 5.82 Å². The van der Waals surface area contributed by atoms with Crippen molar-refractivity contribution in [2.45, 2.75) is 45.4 Å². The lowest BCUT2D eigenvalue weighted by Gasteiger charge is -2.18. The lowest BCUT2D eigenvalue weighted by atomic mass is 9.87. The molecule has 0 bridgehead atoms. The minimum absolute atomic E-state index is 0.164. The van der Waals surface area contributed by atoms with Crippen molar-refractivity contribution in [3.8, 4) is 16.9 Å². The van der Waals surface area contributed by atoms with E-state index in [1.807, 2.05) is 6.08 Å². The molecule has 6 heteroatoms. The SMILES string of the molecule is CCCCC1=Cc2cc(F)c(-c3ccc(OC(F)(F)F)c(F)c3)cc2CC1. The highest BCUT2D eigenvalue weighted by Crippen LogP contribution is 2.35. The zero-order valence-corrected chi connectivity index (χ0v) is 14.8. The average Bonchev–Trinajstić information content (AvgIpc) is 2.60. The smallest absolute Gasteiger partial charge is 0.403 e. The quantitative estimate of drug-likeness (QED) is 0.504. The van der Waals surface area contributed by atoms with E-state index in [1.54, 1.807) is 6.07 Å². The highest BCUT2D eigenvalue weighted by atomic mass is 19.4. The van der Waals surface area contributed by atoms with Gasteiger partial charge in [-0.15, -0.1) is 13.2 Å². The summed E-state index contributed by atoms with van der Waals surface area (Å²) in [5.74, 6) is -2.66. The lowest BCUT2D eigenvalue weighted by molar-refractivity contribution is -0.275. The Morgan fingerprint density at radius 2 is 1.78 bits per heavy atom. The molecule has 0 amide bonds. The highest BCUT2D eigenvalue weighted by molar-refractivity contribution is 5.71. The monoisotopic (exact) mass is 382 g/mol. The molecule has 0 aromatic heterocycles. The molecular formula is C21H19F5O. The predicted octanol–water partition coefficient (Wildman–Crippen LogP) is 7.05. The van der Waals surface area contributed by atoms with Gasteiger partial charge in [0.05, 0.1) is 0 Å². The fraction of sp³-hybridized carbons (Fsp3) is 0.333. The van der Waals surface area contributed by atoms with E-state index < -0.39 is 23.7 Å². The molecule has 0 aliphatic heterocycles. The standard InChI is InChI=1S/C21H19F5O/c1-2-3-4-13-5-6-14-10-17(18(22)12-16(14)9-13)15-7-8-20(19(23)11-15)27-21(24,25)26/h7-12H,2-6H2,1H3. The zero-order chi connectivity index (χ0) is 19.6. The van der Waals surface area contributed by atoms with E-state index >= 15 is 0 Å². The maximum atomic E-state index is 14.6. The number of hydrogen-bond donors (Lipinski definition) is 0. The van der Waals surface area contributed by atoms with Gasteiger partial charge in [0.2, 0.25) is 0 Å². The maximum Gasteiger partial charge on any atom is 0.573 e. The number of allylic oxidation sites excluding steroid dienone is 1. The number of benzene rings is 2. The number of fused-ring (bicyclic) bond motifs is 1. The second kappa shape index (κ2) is 7.71. The van der Waals surface area contributed by atoms with Gasteiger partial charge in [0, 0.05) is 5.56 Å². The number of hydrogen-bond acceptors (Lipinski definition) is 1. The number of aryl methyl sites for hydroxylation is 1. The molecule has 0 radical (unpaired) electrons. The fourth-order valence-electron chi connectivity index (χ4n) is 3.27. The molecule has 0 spiro atoms. The molecule has 1 aliphatic rings. The van der Waals surface area contributed by atoms with E-state index in [9.17, 15) is 22.0 Å². The molecule has 1 nitrogen and oxygen atoms in total. The summed E-state index contributed by atoms with van der Waals surface area (Å²) >= 11 is 0. The van der Waals surface area contributed by atoms with Gasteiger partial charge in [-0.05, 0) is 66.6 Å². The maximum absolute atomic E-state index is 14.6. The van der Waals surface area contributed by atoms with Crippen molar-refractivity contribution in [1.82, 2.24) is 0 Å². The van der Waals surface area contributed by atoms with Gasteiger partial charge in [-0.2, -0.15) is 0 Å². The summed E-state index contributed by atoms with van der Waals surface area (Å²) in [5.41, 5.74) is 3.38. The third kappa shape index (κ3) is 4.67. The van der Waals surface area contributed by atoms with Crippen molar-refractivity contribution in [1.29, 1.82) is 0 Å². The van der Waals surface area contributed by atoms with Crippen LogP contribution in [0.4, 0.5) is 22.0 Å². The van der Waals surface area contributed by atoms with Crippen LogP contribution in [0.3, 0.4) is 0 Å². The first kappa shape index (κ1) is 19.4. The Labute approximate surface area is 154 Å². The Kier molecular flexibility index (Phi) is 5.53. The average molecular weight is 382 g/mol. The molecule has 0 saturated carbocycles. The van der Waals surface area contributed by atoms with Crippen LogP contribution in [0.25, 0.3) is 17.2 Å². The first-order valence-corrected chi connectivity index (χ1v) is 8.84. The number of alkyl halides is 3. The molecule has 144 valence electrons. The molecule has 3 rings (SSSR count). The molecular weight excluding hydrogens is 363 g/mol. The summed E-state index contributed by atoms with van der Waals surface area (Å²) in [4.78, 5) is 0. The third-order valence-electron chi connectivity index (χ3n) is 4.62. The highest BCUT2D eigenvalue weighted by Gasteiger charge is 2.32. The van der Waals surface area contributed by atoms with Crippen molar-refractivity contribution in [2.24, 2.45) is 0 Å². The molecule has 27 heavy (non-hydrogen) atoms. The Balaban J connectivity index is 1.91. The fourth-order valence-corrected chi connectivity index (χ4v) is 3.27. The van der Waals surface area contributed by atoms with Crippen molar-refractivity contribution in [3.05, 3.63) is 58.7 Å². The zero-order valence-electron chi connectivity index (χ0n) is 14.8. The molecule has 0 saturated heterocycles. The van der Waals surface area contributed by atoms with Crippen LogP contribution in [0.1, 0.15) is 43.7 Å². The van der Waals surface area contributed by atoms with Gasteiger partial charge in [-0.3, -0.25) is 0 Å². The van der Waals surface area contributed by atoms with Crippen LogP contribution in [-0.2, 0) is 6.42 Å². The number of rotatable bonds is 5. The van der Waals surface area contributed by atoms with Crippen molar-refractivity contribution >= 4 is 6.08 Å². The second-order valence-electron chi connectivity index (χ2n) is 6.63. The molecule has 1 aliphatic carbocycles. The Bertz CT molecular complexity index is 868. The van der Waals surface area contributed by atoms with Gasteiger partial charge < -0.3 is 4.74 Å². The van der Waals surface area contributed by atoms with Crippen LogP contribution in [0.5, 0.6) is 5.75 Å². The van der Waals surface area contributed by atoms with Gasteiger partial charge in [0.25, 0.3) is 0 Å². The van der Waals surface area contributed by atoms with Crippen LogP contribution in [0.2, 0.25) is 0 Å². The summed E-state index contributed by atoms with van der Waals surface area (Å²) in [5, 5.41) is 0. The van der Waals surface area contributed by atoms with Crippen LogP contribution >= 0.6 is 0 Å². The number of halogens is 5. The molecule has 0 N–H and O–H groups in total. The predicted molar refractivity (Wildman–Crippen MR) is 94.3 cm³/mol. The van der Waals surface area contributed by atoms with Gasteiger partial charge in [-0.25, -0.2) is 8.78 Å². The minimum atomic E-state index is -4.98. The first-order chi connectivity index (χ1) is 12.8. The summed E-state index contributed by atoms with van der Waals surface area (Å²) in [6.45, 7) is 2.12.